The average Bonchev–Trinajstić information content (AvgIpc) is 2.28. The van der Waals surface area contributed by atoms with Crippen LogP contribution in [0.3, 0.4) is 0 Å². The minimum absolute atomic E-state index is 0.338. The molecule has 0 spiro atoms. The normalized spacial score (nSPS) is 9.94. The molecule has 0 bridgehead atoms. The molecule has 0 aliphatic carbocycles. The van der Waals surface area contributed by atoms with E-state index in [1.54, 1.807) is 0 Å². The van der Waals surface area contributed by atoms with Crippen molar-refractivity contribution in [2.45, 2.75) is 6.92 Å². The molecular formula is C14H18ClNO. The molecule has 0 unspecified atom stereocenters. The summed E-state index contributed by atoms with van der Waals surface area (Å²) in [5, 5.41) is 0. The van der Waals surface area contributed by atoms with E-state index in [0.717, 1.165) is 17.9 Å². The number of hydrogen-bond acceptors (Lipinski definition) is 2. The Balaban J connectivity index is 2.76. The molecule has 0 atom stereocenters. The zero-order valence-corrected chi connectivity index (χ0v) is 11.3. The molecule has 0 aliphatic heterocycles. The van der Waals surface area contributed by atoms with Crippen molar-refractivity contribution in [2.24, 2.45) is 0 Å². The van der Waals surface area contributed by atoms with Crippen molar-refractivity contribution >= 4 is 11.6 Å². The topological polar surface area (TPSA) is 12.5 Å². The van der Waals surface area contributed by atoms with E-state index in [9.17, 15) is 0 Å². The third-order valence-electron chi connectivity index (χ3n) is 2.22. The van der Waals surface area contributed by atoms with Gasteiger partial charge in [-0.1, -0.05) is 17.9 Å². The van der Waals surface area contributed by atoms with Gasteiger partial charge in [-0.2, -0.15) is 0 Å². The van der Waals surface area contributed by atoms with Gasteiger partial charge in [-0.05, 0) is 38.7 Å². The van der Waals surface area contributed by atoms with Gasteiger partial charge in [0.05, 0.1) is 11.4 Å². The number of ether oxygens (including phenoxy) is 1. The van der Waals surface area contributed by atoms with Gasteiger partial charge in [0.15, 0.2) is 0 Å². The van der Waals surface area contributed by atoms with Gasteiger partial charge in [0.1, 0.15) is 12.4 Å². The molecule has 0 radical (unpaired) electrons. The van der Waals surface area contributed by atoms with E-state index in [-0.39, 0.29) is 0 Å². The largest absolute Gasteiger partial charge is 0.491 e. The summed E-state index contributed by atoms with van der Waals surface area (Å²) in [5.41, 5.74) is 2.08. The minimum Gasteiger partial charge on any atom is -0.491 e. The number of aryl methyl sites for hydroxylation is 1. The van der Waals surface area contributed by atoms with Crippen molar-refractivity contribution < 1.29 is 4.74 Å². The first kappa shape index (κ1) is 13.9. The fourth-order valence-electron chi connectivity index (χ4n) is 1.33. The zero-order valence-electron chi connectivity index (χ0n) is 10.6. The average molecular weight is 252 g/mol. The molecule has 1 aromatic carbocycles. The number of rotatable bonds is 4. The summed E-state index contributed by atoms with van der Waals surface area (Å²) < 4.78 is 5.71. The molecule has 1 aromatic rings. The molecule has 0 aromatic heterocycles. The first-order valence-electron chi connectivity index (χ1n) is 5.56. The first-order chi connectivity index (χ1) is 8.13. The fraction of sp³-hybridized carbons (Fsp3) is 0.429. The third-order valence-corrected chi connectivity index (χ3v) is 2.35. The van der Waals surface area contributed by atoms with Gasteiger partial charge in [-0.15, -0.1) is 11.6 Å². The maximum atomic E-state index is 5.71. The number of nitrogens with zero attached hydrogens (tertiary/aromatic N) is 1. The summed E-state index contributed by atoms with van der Waals surface area (Å²) in [4.78, 5) is 2.08. The van der Waals surface area contributed by atoms with E-state index >= 15 is 0 Å². The second kappa shape index (κ2) is 7.21. The van der Waals surface area contributed by atoms with Crippen molar-refractivity contribution in [3.63, 3.8) is 0 Å². The number of alkyl halides is 1. The van der Waals surface area contributed by atoms with Gasteiger partial charge in [-0.3, -0.25) is 0 Å². The van der Waals surface area contributed by atoms with E-state index in [1.165, 1.54) is 5.56 Å². The van der Waals surface area contributed by atoms with E-state index in [2.05, 4.69) is 16.7 Å². The summed E-state index contributed by atoms with van der Waals surface area (Å²) in [6.07, 6.45) is 0. The van der Waals surface area contributed by atoms with Gasteiger partial charge in [0.2, 0.25) is 0 Å². The molecule has 2 nitrogen and oxygen atoms in total. The van der Waals surface area contributed by atoms with E-state index in [1.807, 2.05) is 39.2 Å². The summed E-state index contributed by atoms with van der Waals surface area (Å²) in [6.45, 7) is 3.58. The maximum absolute atomic E-state index is 5.71. The van der Waals surface area contributed by atoms with Crippen molar-refractivity contribution in [2.75, 3.05) is 33.1 Å². The third kappa shape index (κ3) is 5.12. The molecule has 0 heterocycles. The molecule has 0 saturated heterocycles. The van der Waals surface area contributed by atoms with Crippen LogP contribution in [-0.2, 0) is 0 Å². The van der Waals surface area contributed by atoms with Crippen LogP contribution in [0.15, 0.2) is 18.2 Å². The molecule has 3 heteroatoms. The Morgan fingerprint density at radius 3 is 2.76 bits per heavy atom. The van der Waals surface area contributed by atoms with Crippen LogP contribution in [0.25, 0.3) is 0 Å². The van der Waals surface area contributed by atoms with E-state index in [4.69, 9.17) is 16.3 Å². The highest BCUT2D eigenvalue weighted by Crippen LogP contribution is 2.18. The Kier molecular flexibility index (Phi) is 5.90. The van der Waals surface area contributed by atoms with Crippen LogP contribution in [0.1, 0.15) is 11.1 Å². The highest BCUT2D eigenvalue weighted by atomic mass is 35.5. The van der Waals surface area contributed by atoms with Crippen molar-refractivity contribution in [3.05, 3.63) is 29.3 Å². The molecule has 0 fully saturated rings. The smallest absolute Gasteiger partial charge is 0.134 e. The highest BCUT2D eigenvalue weighted by molar-refractivity contribution is 6.19. The van der Waals surface area contributed by atoms with Gasteiger partial charge >= 0.3 is 0 Å². The lowest BCUT2D eigenvalue weighted by Crippen LogP contribution is -2.19. The predicted octanol–water partition coefficient (Wildman–Crippen LogP) is 2.53. The summed E-state index contributed by atoms with van der Waals surface area (Å²) in [7, 11) is 4.04. The molecule has 0 N–H and O–H groups in total. The Hall–Kier alpha value is -1.17. The molecule has 92 valence electrons. The zero-order chi connectivity index (χ0) is 12.7. The summed E-state index contributed by atoms with van der Waals surface area (Å²) in [5.74, 6) is 7.04. The molecule has 0 saturated carbocycles. The molecule has 17 heavy (non-hydrogen) atoms. The molecule has 0 amide bonds. The van der Waals surface area contributed by atoms with Crippen LogP contribution in [-0.4, -0.2) is 38.0 Å². The van der Waals surface area contributed by atoms with Gasteiger partial charge < -0.3 is 9.64 Å². The number of benzene rings is 1. The molecule has 0 aliphatic rings. The molecule has 1 rings (SSSR count). The lowest BCUT2D eigenvalue weighted by atomic mass is 10.1. The lowest BCUT2D eigenvalue weighted by molar-refractivity contribution is 0.261. The highest BCUT2D eigenvalue weighted by Gasteiger charge is 2.02. The summed E-state index contributed by atoms with van der Waals surface area (Å²) >= 11 is 5.57. The van der Waals surface area contributed by atoms with Crippen LogP contribution in [0.5, 0.6) is 5.75 Å². The van der Waals surface area contributed by atoms with Gasteiger partial charge in [-0.25, -0.2) is 0 Å². The lowest BCUT2D eigenvalue weighted by Gasteiger charge is -2.12. The fourth-order valence-corrected chi connectivity index (χ4v) is 1.40. The van der Waals surface area contributed by atoms with Crippen LogP contribution < -0.4 is 4.74 Å². The Bertz CT molecular complexity index is 418. The van der Waals surface area contributed by atoms with Crippen LogP contribution >= 0.6 is 11.6 Å². The Morgan fingerprint density at radius 1 is 1.35 bits per heavy atom. The van der Waals surface area contributed by atoms with E-state index in [0.29, 0.717) is 12.5 Å². The Labute approximate surface area is 109 Å². The van der Waals surface area contributed by atoms with Crippen molar-refractivity contribution in [3.8, 4) is 17.6 Å². The Morgan fingerprint density at radius 2 is 2.12 bits per heavy atom. The standard InChI is InChI=1S/C14H18ClNO/c1-12-6-7-14(17-10-9-16(2)3)13(11-12)5-4-8-15/h6-7,11H,8-10H2,1-3H3. The predicted molar refractivity (Wildman–Crippen MR) is 72.8 cm³/mol. The van der Waals surface area contributed by atoms with Crippen LogP contribution in [0.2, 0.25) is 0 Å². The SMILES string of the molecule is Cc1ccc(OCCN(C)C)c(C#CCCl)c1. The van der Waals surface area contributed by atoms with Crippen molar-refractivity contribution in [1.29, 1.82) is 0 Å². The van der Waals surface area contributed by atoms with Gasteiger partial charge in [0.25, 0.3) is 0 Å². The number of likely N-dealkylation sites (N-methyl/N-ethyl adjacent to an activating group) is 1. The second-order valence-electron chi connectivity index (χ2n) is 4.09. The number of hydrogen-bond donors (Lipinski definition) is 0. The van der Waals surface area contributed by atoms with Crippen LogP contribution in [0, 0.1) is 18.8 Å². The first-order valence-corrected chi connectivity index (χ1v) is 6.10. The van der Waals surface area contributed by atoms with E-state index < -0.39 is 0 Å². The monoisotopic (exact) mass is 251 g/mol. The van der Waals surface area contributed by atoms with Gasteiger partial charge in [0, 0.05) is 6.54 Å². The molecular weight excluding hydrogens is 234 g/mol. The number of halogens is 1. The quantitative estimate of drug-likeness (QED) is 0.602. The summed E-state index contributed by atoms with van der Waals surface area (Å²) in [6, 6.07) is 6.00. The maximum Gasteiger partial charge on any atom is 0.134 e. The minimum atomic E-state index is 0.338. The van der Waals surface area contributed by atoms with Crippen molar-refractivity contribution in [1.82, 2.24) is 4.90 Å². The van der Waals surface area contributed by atoms with Crippen LogP contribution in [0.4, 0.5) is 0 Å². The second-order valence-corrected chi connectivity index (χ2v) is 4.35.